The zero-order chi connectivity index (χ0) is 15.7. The molecule has 1 amide bonds. The Morgan fingerprint density at radius 3 is 2.86 bits per heavy atom. The van der Waals surface area contributed by atoms with Crippen LogP contribution < -0.4 is 5.73 Å². The van der Waals surface area contributed by atoms with Crippen LogP contribution in [-0.2, 0) is 11.2 Å². The third-order valence-corrected chi connectivity index (χ3v) is 3.00. The first kappa shape index (κ1) is 16.9. The molecule has 0 aliphatic heterocycles. The van der Waals surface area contributed by atoms with E-state index < -0.39 is 0 Å². The summed E-state index contributed by atoms with van der Waals surface area (Å²) in [5.74, 6) is 0.199. The fourth-order valence-electron chi connectivity index (χ4n) is 2.00. The zero-order valence-electron chi connectivity index (χ0n) is 12.6. The van der Waals surface area contributed by atoms with Gasteiger partial charge in [-0.25, -0.2) is 4.98 Å². The number of hydrogen-bond donors (Lipinski definition) is 1. The molecule has 1 heterocycles. The molecule has 0 bridgehead atoms. The van der Waals surface area contributed by atoms with E-state index in [1.165, 1.54) is 0 Å². The van der Waals surface area contributed by atoms with Crippen LogP contribution in [-0.4, -0.2) is 42.6 Å². The molecule has 0 unspecified atom stereocenters. The zero-order valence-corrected chi connectivity index (χ0v) is 12.6. The summed E-state index contributed by atoms with van der Waals surface area (Å²) >= 11 is 0. The lowest BCUT2D eigenvalue weighted by molar-refractivity contribution is 0.0699. The Balaban J connectivity index is 2.93. The molecule has 114 valence electrons. The molecule has 1 aromatic heterocycles. The van der Waals surface area contributed by atoms with Gasteiger partial charge in [0.15, 0.2) is 0 Å². The first-order chi connectivity index (χ1) is 10.1. The van der Waals surface area contributed by atoms with Crippen molar-refractivity contribution < 1.29 is 9.53 Å². The first-order valence-electron chi connectivity index (χ1n) is 7.04. The van der Waals surface area contributed by atoms with E-state index in [4.69, 9.17) is 15.7 Å². The minimum Gasteiger partial charge on any atom is -0.384 e. The molecule has 0 radical (unpaired) electrons. The molecule has 0 fully saturated rings. The predicted octanol–water partition coefficient (Wildman–Crippen LogP) is 1.62. The lowest BCUT2D eigenvalue weighted by atomic mass is 10.1. The van der Waals surface area contributed by atoms with E-state index in [-0.39, 0.29) is 12.3 Å². The van der Waals surface area contributed by atoms with Crippen molar-refractivity contribution in [1.82, 2.24) is 9.88 Å². The maximum absolute atomic E-state index is 12.5. The van der Waals surface area contributed by atoms with E-state index in [0.717, 1.165) is 18.5 Å². The highest BCUT2D eigenvalue weighted by Gasteiger charge is 2.16. The van der Waals surface area contributed by atoms with Crippen LogP contribution >= 0.6 is 0 Å². The number of carbonyl (C=O) groups is 1. The SMILES string of the molecule is CCCc1cc(C(=O)N(CCC#N)CCOC)cc(N)n1. The van der Waals surface area contributed by atoms with Crippen LogP contribution in [0.5, 0.6) is 0 Å². The Morgan fingerprint density at radius 2 is 2.24 bits per heavy atom. The van der Waals surface area contributed by atoms with Crippen LogP contribution in [0.25, 0.3) is 0 Å². The number of pyridine rings is 1. The molecule has 21 heavy (non-hydrogen) atoms. The standard InChI is InChI=1S/C15H22N4O2/c1-3-5-13-10-12(11-14(17)18-13)15(20)19(7-4-6-16)8-9-21-2/h10-11H,3-5,7-9H2,1-2H3,(H2,17,18). The summed E-state index contributed by atoms with van der Waals surface area (Å²) in [5.41, 5.74) is 7.10. The van der Waals surface area contributed by atoms with Gasteiger partial charge in [0.1, 0.15) is 5.82 Å². The lowest BCUT2D eigenvalue weighted by Crippen LogP contribution is -2.34. The Morgan fingerprint density at radius 1 is 1.48 bits per heavy atom. The highest BCUT2D eigenvalue weighted by molar-refractivity contribution is 5.95. The fraction of sp³-hybridized carbons (Fsp3) is 0.533. The van der Waals surface area contributed by atoms with Gasteiger partial charge >= 0.3 is 0 Å². The predicted molar refractivity (Wildman–Crippen MR) is 80.7 cm³/mol. The number of aromatic nitrogens is 1. The van der Waals surface area contributed by atoms with Gasteiger partial charge in [-0.05, 0) is 18.6 Å². The molecule has 6 heteroatoms. The number of aryl methyl sites for hydroxylation is 1. The molecule has 1 aromatic rings. The Bertz CT molecular complexity index is 511. The minimum atomic E-state index is -0.145. The van der Waals surface area contributed by atoms with Gasteiger partial charge in [0.2, 0.25) is 0 Å². The first-order valence-corrected chi connectivity index (χ1v) is 7.04. The van der Waals surface area contributed by atoms with Gasteiger partial charge in [-0.2, -0.15) is 5.26 Å². The molecule has 0 saturated carbocycles. The van der Waals surface area contributed by atoms with Gasteiger partial charge in [0.25, 0.3) is 5.91 Å². The molecular weight excluding hydrogens is 268 g/mol. The van der Waals surface area contributed by atoms with Crippen molar-refractivity contribution in [3.63, 3.8) is 0 Å². The van der Waals surface area contributed by atoms with Gasteiger partial charge in [0, 0.05) is 31.5 Å². The summed E-state index contributed by atoms with van der Waals surface area (Å²) in [7, 11) is 1.58. The summed E-state index contributed by atoms with van der Waals surface area (Å²) in [5, 5.41) is 8.70. The molecule has 0 atom stereocenters. The van der Waals surface area contributed by atoms with Crippen LogP contribution in [0.2, 0.25) is 0 Å². The van der Waals surface area contributed by atoms with Gasteiger partial charge in [0.05, 0.1) is 19.1 Å². The highest BCUT2D eigenvalue weighted by atomic mass is 16.5. The summed E-state index contributed by atoms with van der Waals surface area (Å²) in [6.45, 7) is 3.30. The van der Waals surface area contributed by atoms with Crippen molar-refractivity contribution >= 4 is 11.7 Å². The number of ether oxygens (including phenoxy) is 1. The number of hydrogen-bond acceptors (Lipinski definition) is 5. The van der Waals surface area contributed by atoms with E-state index in [1.807, 2.05) is 6.92 Å². The van der Waals surface area contributed by atoms with Gasteiger partial charge < -0.3 is 15.4 Å². The number of nitrogens with zero attached hydrogens (tertiary/aromatic N) is 3. The van der Waals surface area contributed by atoms with Crippen molar-refractivity contribution in [2.24, 2.45) is 0 Å². The summed E-state index contributed by atoms with van der Waals surface area (Å²) in [6.07, 6.45) is 2.01. The largest absolute Gasteiger partial charge is 0.384 e. The minimum absolute atomic E-state index is 0.145. The Kier molecular flexibility index (Phi) is 7.19. The molecule has 0 saturated heterocycles. The average molecular weight is 290 g/mol. The number of amides is 1. The fourth-order valence-corrected chi connectivity index (χ4v) is 2.00. The van der Waals surface area contributed by atoms with Gasteiger partial charge in [-0.3, -0.25) is 4.79 Å². The van der Waals surface area contributed by atoms with E-state index in [1.54, 1.807) is 24.1 Å². The second-order valence-corrected chi connectivity index (χ2v) is 4.72. The summed E-state index contributed by atoms with van der Waals surface area (Å²) < 4.78 is 5.01. The molecule has 0 spiro atoms. The molecule has 0 aromatic carbocycles. The van der Waals surface area contributed by atoms with E-state index in [2.05, 4.69) is 11.1 Å². The van der Waals surface area contributed by atoms with Gasteiger partial charge in [-0.1, -0.05) is 13.3 Å². The normalized spacial score (nSPS) is 10.1. The number of anilines is 1. The topological polar surface area (TPSA) is 92.2 Å². The van der Waals surface area contributed by atoms with Crippen LogP contribution in [0.4, 0.5) is 5.82 Å². The highest BCUT2D eigenvalue weighted by Crippen LogP contribution is 2.12. The molecule has 0 aliphatic rings. The second-order valence-electron chi connectivity index (χ2n) is 4.72. The monoisotopic (exact) mass is 290 g/mol. The number of nitriles is 1. The molecular formula is C15H22N4O2. The second kappa shape index (κ2) is 8.93. The quantitative estimate of drug-likeness (QED) is 0.785. The third kappa shape index (κ3) is 5.40. The molecule has 6 nitrogen and oxygen atoms in total. The van der Waals surface area contributed by atoms with Crippen molar-refractivity contribution in [2.75, 3.05) is 32.5 Å². The van der Waals surface area contributed by atoms with Crippen LogP contribution in [0, 0.1) is 11.3 Å². The van der Waals surface area contributed by atoms with Crippen LogP contribution in [0.15, 0.2) is 12.1 Å². The number of nitrogens with two attached hydrogens (primary N) is 1. The summed E-state index contributed by atoms with van der Waals surface area (Å²) in [6, 6.07) is 5.40. The van der Waals surface area contributed by atoms with Crippen LogP contribution in [0.3, 0.4) is 0 Å². The maximum atomic E-state index is 12.5. The Hall–Kier alpha value is -2.13. The number of nitrogen functional groups attached to an aromatic ring is 1. The van der Waals surface area contributed by atoms with Crippen molar-refractivity contribution in [2.45, 2.75) is 26.2 Å². The molecule has 2 N–H and O–H groups in total. The van der Waals surface area contributed by atoms with E-state index >= 15 is 0 Å². The number of rotatable bonds is 8. The third-order valence-electron chi connectivity index (χ3n) is 3.00. The van der Waals surface area contributed by atoms with E-state index in [9.17, 15) is 4.79 Å². The van der Waals surface area contributed by atoms with Crippen molar-refractivity contribution in [3.05, 3.63) is 23.4 Å². The number of methoxy groups -OCH3 is 1. The van der Waals surface area contributed by atoms with Crippen molar-refractivity contribution in [3.8, 4) is 6.07 Å². The lowest BCUT2D eigenvalue weighted by Gasteiger charge is -2.21. The van der Waals surface area contributed by atoms with Crippen LogP contribution in [0.1, 0.15) is 35.8 Å². The number of carbonyl (C=O) groups excluding carboxylic acids is 1. The van der Waals surface area contributed by atoms with E-state index in [0.29, 0.717) is 31.1 Å². The van der Waals surface area contributed by atoms with Gasteiger partial charge in [-0.15, -0.1) is 0 Å². The molecule has 1 rings (SSSR count). The molecule has 0 aliphatic carbocycles. The maximum Gasteiger partial charge on any atom is 0.254 e. The smallest absolute Gasteiger partial charge is 0.254 e. The summed E-state index contributed by atoms with van der Waals surface area (Å²) in [4.78, 5) is 18.4. The Labute approximate surface area is 125 Å². The van der Waals surface area contributed by atoms with Crippen molar-refractivity contribution in [1.29, 1.82) is 5.26 Å². The average Bonchev–Trinajstić information content (AvgIpc) is 2.46.